The summed E-state index contributed by atoms with van der Waals surface area (Å²) < 4.78 is 16.0. The second-order valence-electron chi connectivity index (χ2n) is 4.69. The number of halogens is 1. The van der Waals surface area contributed by atoms with E-state index in [-0.39, 0.29) is 4.83 Å². The summed E-state index contributed by atoms with van der Waals surface area (Å²) in [6.07, 6.45) is 0. The van der Waals surface area contributed by atoms with Crippen LogP contribution in [0.4, 0.5) is 0 Å². The van der Waals surface area contributed by atoms with E-state index < -0.39 is 0 Å². The Hall–Kier alpha value is -1.68. The highest BCUT2D eigenvalue weighted by atomic mass is 79.9. The summed E-state index contributed by atoms with van der Waals surface area (Å²) in [6.45, 7) is 2.07. The molecule has 112 valence electrons. The highest BCUT2D eigenvalue weighted by Crippen LogP contribution is 2.40. The lowest BCUT2D eigenvalue weighted by Gasteiger charge is -2.18. The first-order chi connectivity index (χ1) is 10.1. The number of hydrogen-bond donors (Lipinski definition) is 0. The highest BCUT2D eigenvalue weighted by molar-refractivity contribution is 9.09. The maximum atomic E-state index is 5.46. The Balaban J connectivity index is 2.45. The molecule has 2 aromatic rings. The number of aryl methyl sites for hydroxylation is 1. The lowest BCUT2D eigenvalue weighted by Crippen LogP contribution is -2.00. The van der Waals surface area contributed by atoms with E-state index in [4.69, 9.17) is 14.2 Å². The molecule has 3 nitrogen and oxygen atoms in total. The van der Waals surface area contributed by atoms with E-state index in [9.17, 15) is 0 Å². The minimum Gasteiger partial charge on any atom is -0.497 e. The van der Waals surface area contributed by atoms with Crippen LogP contribution in [0.3, 0.4) is 0 Å². The zero-order chi connectivity index (χ0) is 15.4. The first-order valence-corrected chi connectivity index (χ1v) is 7.52. The SMILES string of the molecule is COc1ccc(C(Br)c2cc(OC)ccc2OC)c(C)c1. The standard InChI is InChI=1S/C17H19BrO3/c1-11-9-12(19-2)5-7-14(11)17(18)15-10-13(20-3)6-8-16(15)21-4/h5-10,17H,1-4H3. The number of rotatable bonds is 5. The van der Waals surface area contributed by atoms with Gasteiger partial charge in [-0.15, -0.1) is 0 Å². The molecule has 0 radical (unpaired) electrons. The van der Waals surface area contributed by atoms with Crippen molar-refractivity contribution < 1.29 is 14.2 Å². The second kappa shape index (κ2) is 6.85. The van der Waals surface area contributed by atoms with Gasteiger partial charge in [-0.05, 0) is 48.4 Å². The van der Waals surface area contributed by atoms with Gasteiger partial charge in [0.05, 0.1) is 26.2 Å². The van der Waals surface area contributed by atoms with E-state index in [1.54, 1.807) is 21.3 Å². The maximum Gasteiger partial charge on any atom is 0.123 e. The summed E-state index contributed by atoms with van der Waals surface area (Å²) in [5.74, 6) is 2.49. The van der Waals surface area contributed by atoms with Gasteiger partial charge in [-0.25, -0.2) is 0 Å². The summed E-state index contributed by atoms with van der Waals surface area (Å²) in [4.78, 5) is 0.0217. The Morgan fingerprint density at radius 2 is 1.43 bits per heavy atom. The first-order valence-electron chi connectivity index (χ1n) is 6.61. The smallest absolute Gasteiger partial charge is 0.123 e. The van der Waals surface area contributed by atoms with Crippen molar-refractivity contribution in [2.45, 2.75) is 11.8 Å². The largest absolute Gasteiger partial charge is 0.497 e. The zero-order valence-corrected chi connectivity index (χ0v) is 14.2. The number of ether oxygens (including phenoxy) is 3. The van der Waals surface area contributed by atoms with Crippen molar-refractivity contribution in [1.29, 1.82) is 0 Å². The Morgan fingerprint density at radius 1 is 0.810 bits per heavy atom. The van der Waals surface area contributed by atoms with Gasteiger partial charge in [-0.3, -0.25) is 0 Å². The Labute approximate surface area is 134 Å². The lowest BCUT2D eigenvalue weighted by molar-refractivity contribution is 0.399. The van der Waals surface area contributed by atoms with Crippen molar-refractivity contribution in [2.24, 2.45) is 0 Å². The van der Waals surface area contributed by atoms with Gasteiger partial charge in [0.1, 0.15) is 17.2 Å². The molecule has 0 saturated carbocycles. The van der Waals surface area contributed by atoms with Crippen LogP contribution in [0.1, 0.15) is 21.5 Å². The molecule has 2 aromatic carbocycles. The molecule has 0 bridgehead atoms. The van der Waals surface area contributed by atoms with E-state index in [2.05, 4.69) is 28.9 Å². The van der Waals surface area contributed by atoms with E-state index in [0.29, 0.717) is 0 Å². The third-order valence-electron chi connectivity index (χ3n) is 3.46. The third-order valence-corrected chi connectivity index (χ3v) is 4.45. The summed E-state index contributed by atoms with van der Waals surface area (Å²) in [6, 6.07) is 11.8. The fraction of sp³-hybridized carbons (Fsp3) is 0.294. The topological polar surface area (TPSA) is 27.7 Å². The van der Waals surface area contributed by atoms with Gasteiger partial charge in [0, 0.05) is 5.56 Å². The van der Waals surface area contributed by atoms with Crippen molar-refractivity contribution in [2.75, 3.05) is 21.3 Å². The van der Waals surface area contributed by atoms with Crippen LogP contribution in [0.2, 0.25) is 0 Å². The third kappa shape index (κ3) is 3.32. The Morgan fingerprint density at radius 3 is 2.00 bits per heavy atom. The predicted molar refractivity (Wildman–Crippen MR) is 88.0 cm³/mol. The number of methoxy groups -OCH3 is 3. The highest BCUT2D eigenvalue weighted by Gasteiger charge is 2.18. The minimum absolute atomic E-state index is 0.0217. The molecule has 0 aliphatic rings. The molecule has 1 atom stereocenters. The van der Waals surface area contributed by atoms with Crippen LogP contribution in [0.25, 0.3) is 0 Å². The number of alkyl halides is 1. The zero-order valence-electron chi connectivity index (χ0n) is 12.6. The fourth-order valence-electron chi connectivity index (χ4n) is 2.26. The number of benzene rings is 2. The molecule has 1 unspecified atom stereocenters. The molecule has 0 N–H and O–H groups in total. The van der Waals surface area contributed by atoms with Crippen LogP contribution < -0.4 is 14.2 Å². The van der Waals surface area contributed by atoms with Crippen molar-refractivity contribution >= 4 is 15.9 Å². The maximum absolute atomic E-state index is 5.46. The molecule has 0 aliphatic carbocycles. The van der Waals surface area contributed by atoms with E-state index in [0.717, 1.165) is 28.4 Å². The van der Waals surface area contributed by atoms with Crippen LogP contribution in [-0.2, 0) is 0 Å². The normalized spacial score (nSPS) is 11.9. The van der Waals surface area contributed by atoms with E-state index in [1.165, 1.54) is 5.56 Å². The molecule has 0 amide bonds. The van der Waals surface area contributed by atoms with Crippen LogP contribution >= 0.6 is 15.9 Å². The van der Waals surface area contributed by atoms with Crippen molar-refractivity contribution in [3.05, 3.63) is 53.1 Å². The summed E-state index contributed by atoms with van der Waals surface area (Å²) in [7, 11) is 5.00. The van der Waals surface area contributed by atoms with Gasteiger partial charge >= 0.3 is 0 Å². The molecule has 0 aliphatic heterocycles. The molecule has 0 fully saturated rings. The van der Waals surface area contributed by atoms with Gasteiger partial charge in [0.15, 0.2) is 0 Å². The van der Waals surface area contributed by atoms with Crippen LogP contribution in [0.15, 0.2) is 36.4 Å². The molecular weight excluding hydrogens is 332 g/mol. The van der Waals surface area contributed by atoms with Gasteiger partial charge in [0.2, 0.25) is 0 Å². The van der Waals surface area contributed by atoms with Crippen LogP contribution in [0.5, 0.6) is 17.2 Å². The number of hydrogen-bond acceptors (Lipinski definition) is 3. The van der Waals surface area contributed by atoms with Crippen LogP contribution in [0, 0.1) is 6.92 Å². The molecule has 21 heavy (non-hydrogen) atoms. The summed E-state index contributed by atoms with van der Waals surface area (Å²) in [5, 5.41) is 0. The average molecular weight is 351 g/mol. The van der Waals surface area contributed by atoms with Crippen LogP contribution in [-0.4, -0.2) is 21.3 Å². The minimum atomic E-state index is 0.0217. The van der Waals surface area contributed by atoms with Gasteiger partial charge < -0.3 is 14.2 Å². The van der Waals surface area contributed by atoms with Gasteiger partial charge in [-0.1, -0.05) is 22.0 Å². The Bertz CT molecular complexity index is 625. The van der Waals surface area contributed by atoms with Crippen molar-refractivity contribution in [3.63, 3.8) is 0 Å². The van der Waals surface area contributed by atoms with E-state index in [1.807, 2.05) is 30.3 Å². The van der Waals surface area contributed by atoms with Gasteiger partial charge in [-0.2, -0.15) is 0 Å². The molecule has 0 spiro atoms. The molecule has 0 aromatic heterocycles. The molecular formula is C17H19BrO3. The van der Waals surface area contributed by atoms with Crippen molar-refractivity contribution in [3.8, 4) is 17.2 Å². The van der Waals surface area contributed by atoms with Gasteiger partial charge in [0.25, 0.3) is 0 Å². The fourth-order valence-corrected chi connectivity index (χ4v) is 3.14. The molecule has 4 heteroatoms. The predicted octanol–water partition coefficient (Wildman–Crippen LogP) is 4.51. The Kier molecular flexibility index (Phi) is 5.12. The van der Waals surface area contributed by atoms with E-state index >= 15 is 0 Å². The molecule has 0 saturated heterocycles. The lowest BCUT2D eigenvalue weighted by atomic mass is 9.99. The first kappa shape index (κ1) is 15.7. The summed E-state index contributed by atoms with van der Waals surface area (Å²) in [5.41, 5.74) is 3.36. The monoisotopic (exact) mass is 350 g/mol. The quantitative estimate of drug-likeness (QED) is 0.742. The summed E-state index contributed by atoms with van der Waals surface area (Å²) >= 11 is 3.77. The molecule has 2 rings (SSSR count). The van der Waals surface area contributed by atoms with Crippen molar-refractivity contribution in [1.82, 2.24) is 0 Å². The molecule has 0 heterocycles. The second-order valence-corrected chi connectivity index (χ2v) is 5.61. The average Bonchev–Trinajstić information content (AvgIpc) is 2.53.